The van der Waals surface area contributed by atoms with Gasteiger partial charge in [0, 0.05) is 0 Å². The van der Waals surface area contributed by atoms with E-state index < -0.39 is 21.4 Å². The van der Waals surface area contributed by atoms with E-state index in [1.807, 2.05) is 0 Å². The monoisotopic (exact) mass is 394 g/mol. The SMILES string of the molecule is CCC(Cl)C(Br)CCC[CH2][In]1[CH2]C=C[CH2]1. The molecule has 0 N–H and O–H groups in total. The first-order valence-electron chi connectivity index (χ1n) is 6.17. The summed E-state index contributed by atoms with van der Waals surface area (Å²) in [5.41, 5.74) is 0. The molecule has 3 heteroatoms. The first-order chi connectivity index (χ1) is 7.24. The maximum absolute atomic E-state index is 6.18. The van der Waals surface area contributed by atoms with Crippen LogP contribution < -0.4 is 0 Å². The van der Waals surface area contributed by atoms with Crippen LogP contribution in [0.25, 0.3) is 0 Å². The fourth-order valence-electron chi connectivity index (χ4n) is 2.12. The van der Waals surface area contributed by atoms with Crippen LogP contribution in [-0.4, -0.2) is 31.6 Å². The summed E-state index contributed by atoms with van der Waals surface area (Å²) in [7, 11) is 0. The second-order valence-corrected chi connectivity index (χ2v) is 15.6. The molecule has 0 radical (unpaired) electrons. The molecule has 0 spiro atoms. The summed E-state index contributed by atoms with van der Waals surface area (Å²) in [5.74, 6) is 0. The molecule has 1 rings (SSSR count). The molecule has 0 aromatic carbocycles. The number of rotatable bonds is 7. The van der Waals surface area contributed by atoms with Crippen molar-refractivity contribution in [1.29, 1.82) is 0 Å². The zero-order chi connectivity index (χ0) is 11.1. The van der Waals surface area contributed by atoms with Crippen molar-refractivity contribution in [2.45, 2.75) is 55.3 Å². The third-order valence-electron chi connectivity index (χ3n) is 3.23. The molecule has 0 bridgehead atoms. The van der Waals surface area contributed by atoms with E-state index in [0.29, 0.717) is 10.2 Å². The molecule has 1 aliphatic heterocycles. The second-order valence-electron chi connectivity index (χ2n) is 4.53. The summed E-state index contributed by atoms with van der Waals surface area (Å²) < 4.78 is 4.65. The van der Waals surface area contributed by atoms with E-state index in [1.54, 1.807) is 4.18 Å². The van der Waals surface area contributed by atoms with Crippen LogP contribution in [-0.2, 0) is 0 Å². The molecular formula is C12H21BrClIn. The van der Waals surface area contributed by atoms with Gasteiger partial charge < -0.3 is 0 Å². The third kappa shape index (κ3) is 6.02. The van der Waals surface area contributed by atoms with Crippen molar-refractivity contribution in [1.82, 2.24) is 0 Å². The summed E-state index contributed by atoms with van der Waals surface area (Å²) in [5, 5.41) is 0.321. The molecule has 0 saturated heterocycles. The van der Waals surface area contributed by atoms with Gasteiger partial charge in [-0.3, -0.25) is 0 Å². The molecule has 86 valence electrons. The molecule has 0 aromatic heterocycles. The molecule has 0 saturated carbocycles. The minimum atomic E-state index is -0.989. The quantitative estimate of drug-likeness (QED) is 0.323. The van der Waals surface area contributed by atoms with Crippen LogP contribution in [0.15, 0.2) is 12.2 Å². The third-order valence-corrected chi connectivity index (χ3v) is 14.1. The van der Waals surface area contributed by atoms with Gasteiger partial charge in [0.05, 0.1) is 0 Å². The number of unbranched alkanes of at least 4 members (excludes halogenated alkanes) is 1. The Bertz CT molecular complexity index is 188. The Labute approximate surface area is 116 Å². The van der Waals surface area contributed by atoms with Crippen LogP contribution in [0.2, 0.25) is 12.5 Å². The first-order valence-corrected chi connectivity index (χ1v) is 14.5. The fourth-order valence-corrected chi connectivity index (χ4v) is 10.6. The standard InChI is InChI=1S/C8H15BrCl.C4H6.In/c1-3-5-6-7(9)8(10)4-2;1-3-4-2;/h7-8H,1,3-6H2,2H3;3-4H,1-2H2;. The van der Waals surface area contributed by atoms with Gasteiger partial charge in [-0.25, -0.2) is 0 Å². The maximum atomic E-state index is 6.18. The molecule has 0 nitrogen and oxygen atoms in total. The van der Waals surface area contributed by atoms with Crippen molar-refractivity contribution in [2.75, 3.05) is 0 Å². The average molecular weight is 395 g/mol. The normalized spacial score (nSPS) is 19.5. The van der Waals surface area contributed by atoms with Gasteiger partial charge in [0.2, 0.25) is 0 Å². The van der Waals surface area contributed by atoms with Gasteiger partial charge in [0.1, 0.15) is 0 Å². The van der Waals surface area contributed by atoms with Gasteiger partial charge in [0.25, 0.3) is 0 Å². The number of allylic oxidation sites excluding steroid dienone is 2. The van der Waals surface area contributed by atoms with Gasteiger partial charge in [-0.15, -0.1) is 0 Å². The molecule has 1 heterocycles. The van der Waals surface area contributed by atoms with E-state index in [0.717, 1.165) is 6.42 Å². The molecular weight excluding hydrogens is 374 g/mol. The average Bonchev–Trinajstić information content (AvgIpc) is 2.75. The van der Waals surface area contributed by atoms with Gasteiger partial charge in [-0.1, -0.05) is 0 Å². The van der Waals surface area contributed by atoms with Crippen LogP contribution in [0.3, 0.4) is 0 Å². The summed E-state index contributed by atoms with van der Waals surface area (Å²) in [4.78, 5) is 0.529. The predicted molar refractivity (Wildman–Crippen MR) is 75.8 cm³/mol. The van der Waals surface area contributed by atoms with E-state index >= 15 is 0 Å². The van der Waals surface area contributed by atoms with Crippen molar-refractivity contribution in [3.63, 3.8) is 0 Å². The van der Waals surface area contributed by atoms with Crippen LogP contribution in [0.1, 0.15) is 32.6 Å². The molecule has 2 unspecified atom stereocenters. The van der Waals surface area contributed by atoms with Crippen LogP contribution in [0.5, 0.6) is 0 Å². The Morgan fingerprint density at radius 1 is 1.33 bits per heavy atom. The van der Waals surface area contributed by atoms with Gasteiger partial charge in [0.15, 0.2) is 0 Å². The molecule has 0 aliphatic carbocycles. The van der Waals surface area contributed by atoms with Crippen molar-refractivity contribution in [3.8, 4) is 0 Å². The zero-order valence-electron chi connectivity index (χ0n) is 9.59. The van der Waals surface area contributed by atoms with E-state index in [2.05, 4.69) is 35.0 Å². The number of hydrogen-bond acceptors (Lipinski definition) is 0. The predicted octanol–water partition coefficient (Wildman–Crippen LogP) is 5.00. The molecule has 2 atom stereocenters. The zero-order valence-corrected chi connectivity index (χ0v) is 15.2. The fraction of sp³-hybridized carbons (Fsp3) is 0.833. The van der Waals surface area contributed by atoms with E-state index in [4.69, 9.17) is 11.6 Å². The molecule has 1 aliphatic rings. The van der Waals surface area contributed by atoms with E-state index in [9.17, 15) is 0 Å². The summed E-state index contributed by atoms with van der Waals surface area (Å²) in [6, 6.07) is 0. The Hall–Kier alpha value is 1.38. The summed E-state index contributed by atoms with van der Waals surface area (Å²) in [6.07, 6.45) is 9.99. The molecule has 0 aromatic rings. The van der Waals surface area contributed by atoms with Crippen molar-refractivity contribution < 1.29 is 0 Å². The van der Waals surface area contributed by atoms with E-state index in [-0.39, 0.29) is 0 Å². The Morgan fingerprint density at radius 2 is 2.00 bits per heavy atom. The van der Waals surface area contributed by atoms with Crippen LogP contribution >= 0.6 is 27.5 Å². The molecule has 15 heavy (non-hydrogen) atoms. The van der Waals surface area contributed by atoms with Crippen molar-refractivity contribution >= 4 is 49.0 Å². The first kappa shape index (κ1) is 14.4. The van der Waals surface area contributed by atoms with Crippen LogP contribution in [0.4, 0.5) is 0 Å². The number of alkyl halides is 2. The summed E-state index contributed by atoms with van der Waals surface area (Å²) in [6.45, 7) is 2.16. The van der Waals surface area contributed by atoms with Gasteiger partial charge in [-0.05, 0) is 0 Å². The van der Waals surface area contributed by atoms with Gasteiger partial charge in [-0.2, -0.15) is 0 Å². The minimum absolute atomic E-state index is 0.321. The van der Waals surface area contributed by atoms with Crippen LogP contribution in [0, 0.1) is 0 Å². The Balaban J connectivity index is 1.96. The Morgan fingerprint density at radius 3 is 2.60 bits per heavy atom. The number of hydrogen-bond donors (Lipinski definition) is 0. The van der Waals surface area contributed by atoms with Crippen molar-refractivity contribution in [2.24, 2.45) is 0 Å². The molecule has 0 fully saturated rings. The van der Waals surface area contributed by atoms with E-state index in [1.165, 1.54) is 27.6 Å². The van der Waals surface area contributed by atoms with Crippen molar-refractivity contribution in [3.05, 3.63) is 12.2 Å². The molecule has 0 amide bonds. The summed E-state index contributed by atoms with van der Waals surface area (Å²) >= 11 is 8.88. The van der Waals surface area contributed by atoms with Gasteiger partial charge >= 0.3 is 116 Å². The topological polar surface area (TPSA) is 0 Å². The second kappa shape index (κ2) is 8.47. The number of halogens is 2. The Kier molecular flexibility index (Phi) is 8.15.